The molecule has 8 nitrogen and oxygen atoms in total. The summed E-state index contributed by atoms with van der Waals surface area (Å²) >= 11 is 0. The molecular weight excluding hydrogens is 415 g/mol. The number of aliphatic carboxylic acids is 1. The fourth-order valence-corrected chi connectivity index (χ4v) is 3.58. The molecule has 0 spiro atoms. The molecule has 31 heavy (non-hydrogen) atoms. The molecule has 1 unspecified atom stereocenters. The normalized spacial score (nSPS) is 27.6. The van der Waals surface area contributed by atoms with Gasteiger partial charge in [-0.3, -0.25) is 0 Å². The minimum absolute atomic E-state index is 0. The number of ether oxygens (including phenoxy) is 2. The largest absolute Gasteiger partial charge is 1.00 e. The number of phenolic OH excluding ortho intramolecular Hbond substituents is 1. The van der Waals surface area contributed by atoms with Gasteiger partial charge in [-0.25, -0.2) is 0 Å². The van der Waals surface area contributed by atoms with Crippen LogP contribution in [0.4, 0.5) is 0 Å². The van der Waals surface area contributed by atoms with Gasteiger partial charge < -0.3 is 39.8 Å². The van der Waals surface area contributed by atoms with Gasteiger partial charge in [-0.1, -0.05) is 38.1 Å². The van der Waals surface area contributed by atoms with Crippen molar-refractivity contribution >= 4 is 5.97 Å². The molecule has 1 fully saturated rings. The van der Waals surface area contributed by atoms with Crippen LogP contribution in [0, 0.1) is 0 Å². The van der Waals surface area contributed by atoms with Gasteiger partial charge in [-0.15, -0.1) is 0 Å². The summed E-state index contributed by atoms with van der Waals surface area (Å²) in [4.78, 5) is 11.1. The molecule has 0 radical (unpaired) electrons. The van der Waals surface area contributed by atoms with E-state index in [1.807, 2.05) is 24.3 Å². The Bertz CT molecular complexity index is 872. The molecule has 0 aliphatic carbocycles. The standard InChI is InChI=1S/C22H26O8.Na/c1-3-22(2,12-4-8-14(23)9-5-12)13-6-10-15(11-7-13)29-21-18(26)16(24)17(25)19(30-21)20(27)28;/h4-11,16-19,21,23-26H,3H2,1-2H3,(H,27,28);/q;+1/p-1/t16-,17-,18+,19-,21+,22?;/m0./s1. The van der Waals surface area contributed by atoms with Crippen molar-refractivity contribution in [3.05, 3.63) is 59.7 Å². The predicted molar refractivity (Wildman–Crippen MR) is 104 cm³/mol. The quantitative estimate of drug-likeness (QED) is 0.350. The van der Waals surface area contributed by atoms with E-state index in [1.165, 1.54) is 0 Å². The van der Waals surface area contributed by atoms with Gasteiger partial charge in [0.15, 0.2) is 0 Å². The summed E-state index contributed by atoms with van der Waals surface area (Å²) in [6.07, 6.45) is -7.77. The maximum atomic E-state index is 11.1. The molecule has 2 aromatic rings. The summed E-state index contributed by atoms with van der Waals surface area (Å²) < 4.78 is 10.6. The van der Waals surface area contributed by atoms with Crippen LogP contribution in [-0.2, 0) is 14.9 Å². The zero-order chi connectivity index (χ0) is 22.1. The second-order valence-corrected chi connectivity index (χ2v) is 7.59. The van der Waals surface area contributed by atoms with Crippen molar-refractivity contribution in [3.63, 3.8) is 0 Å². The van der Waals surface area contributed by atoms with Gasteiger partial charge in [0, 0.05) is 5.41 Å². The first-order valence-electron chi connectivity index (χ1n) is 9.64. The number of aromatic hydroxyl groups is 1. The van der Waals surface area contributed by atoms with Crippen LogP contribution in [0.1, 0.15) is 31.4 Å². The maximum absolute atomic E-state index is 11.1. The van der Waals surface area contributed by atoms with Gasteiger partial charge in [0.05, 0.1) is 5.97 Å². The summed E-state index contributed by atoms with van der Waals surface area (Å²) in [6.45, 7) is 4.13. The number of rotatable bonds is 6. The number of carbonyl (C=O) groups is 1. The van der Waals surface area contributed by atoms with Crippen LogP contribution in [0.25, 0.3) is 0 Å². The van der Waals surface area contributed by atoms with E-state index in [-0.39, 0.29) is 46.5 Å². The average molecular weight is 440 g/mol. The first-order chi connectivity index (χ1) is 14.2. The topological polar surface area (TPSA) is 140 Å². The third kappa shape index (κ3) is 5.23. The first kappa shape index (κ1) is 25.6. The summed E-state index contributed by atoms with van der Waals surface area (Å²) in [5, 5.41) is 50.3. The Morgan fingerprint density at radius 3 is 2.00 bits per heavy atom. The zero-order valence-electron chi connectivity index (χ0n) is 17.6. The second-order valence-electron chi connectivity index (χ2n) is 7.59. The van der Waals surface area contributed by atoms with Gasteiger partial charge in [-0.2, -0.15) is 0 Å². The third-order valence-corrected chi connectivity index (χ3v) is 5.76. The Labute approximate surface area is 202 Å². The molecule has 1 aliphatic heterocycles. The van der Waals surface area contributed by atoms with Gasteiger partial charge in [0.1, 0.15) is 35.9 Å². The van der Waals surface area contributed by atoms with Gasteiger partial charge in [-0.05, 0) is 41.8 Å². The predicted octanol–water partition coefficient (Wildman–Crippen LogP) is -2.95. The molecule has 0 bridgehead atoms. The number of benzene rings is 2. The number of hydrogen-bond donors (Lipinski definition) is 4. The van der Waals surface area contributed by atoms with Crippen molar-refractivity contribution in [1.82, 2.24) is 0 Å². The summed E-state index contributed by atoms with van der Waals surface area (Å²) in [5.74, 6) is -1.24. The number of aliphatic hydroxyl groups excluding tert-OH is 3. The van der Waals surface area contributed by atoms with Crippen molar-refractivity contribution < 1.29 is 69.4 Å². The SMILES string of the molecule is CCC(C)(c1ccc(O)cc1)c1ccc(O[C@@H]2O[C@H](C(=O)[O-])[C@@H](O)[C@H](O)[C@H]2O)cc1.[Na+]. The minimum Gasteiger partial charge on any atom is -0.547 e. The van der Waals surface area contributed by atoms with Crippen LogP contribution >= 0.6 is 0 Å². The van der Waals surface area contributed by atoms with Gasteiger partial charge in [0.2, 0.25) is 6.29 Å². The Hall–Kier alpha value is -1.65. The van der Waals surface area contributed by atoms with Crippen molar-refractivity contribution in [1.29, 1.82) is 0 Å². The van der Waals surface area contributed by atoms with Crippen molar-refractivity contribution in [2.24, 2.45) is 0 Å². The molecule has 2 aromatic carbocycles. The van der Waals surface area contributed by atoms with E-state index in [9.17, 15) is 30.3 Å². The van der Waals surface area contributed by atoms with E-state index >= 15 is 0 Å². The van der Waals surface area contributed by atoms with E-state index in [0.717, 1.165) is 17.5 Å². The van der Waals surface area contributed by atoms with Crippen LogP contribution in [0.3, 0.4) is 0 Å². The van der Waals surface area contributed by atoms with Crippen molar-refractivity contribution in [2.45, 2.75) is 56.4 Å². The summed E-state index contributed by atoms with van der Waals surface area (Å²) in [7, 11) is 0. The fourth-order valence-electron chi connectivity index (χ4n) is 3.58. The molecule has 0 saturated carbocycles. The Morgan fingerprint density at radius 1 is 1.00 bits per heavy atom. The number of phenols is 1. The number of aliphatic hydroxyl groups is 3. The number of carboxylic acids is 1. The Morgan fingerprint density at radius 2 is 1.52 bits per heavy atom. The van der Waals surface area contributed by atoms with Crippen LogP contribution in [-0.4, -0.2) is 57.1 Å². The molecular formula is C22H25NaO8. The average Bonchev–Trinajstić information content (AvgIpc) is 2.74. The number of hydrogen-bond acceptors (Lipinski definition) is 8. The number of carbonyl (C=O) groups excluding carboxylic acids is 1. The summed E-state index contributed by atoms with van der Waals surface area (Å²) in [5.41, 5.74) is 1.68. The molecule has 0 amide bonds. The maximum Gasteiger partial charge on any atom is 1.00 e. The van der Waals surface area contributed by atoms with Crippen LogP contribution < -0.4 is 39.4 Å². The first-order valence-corrected chi connectivity index (χ1v) is 9.64. The molecule has 9 heteroatoms. The van der Waals surface area contributed by atoms with Crippen molar-refractivity contribution in [2.75, 3.05) is 0 Å². The fraction of sp³-hybridized carbons (Fsp3) is 0.409. The van der Waals surface area contributed by atoms with E-state index in [4.69, 9.17) is 9.47 Å². The Kier molecular flexibility index (Phi) is 8.52. The number of carboxylic acid groups (broad SMARTS) is 1. The van der Waals surface area contributed by atoms with Gasteiger partial charge in [0.25, 0.3) is 0 Å². The van der Waals surface area contributed by atoms with Gasteiger partial charge >= 0.3 is 29.6 Å². The molecule has 6 atom stereocenters. The molecule has 1 aliphatic rings. The minimum atomic E-state index is -1.83. The molecule has 1 heterocycles. The van der Waals surface area contributed by atoms with E-state index in [2.05, 4.69) is 13.8 Å². The van der Waals surface area contributed by atoms with E-state index < -0.39 is 36.7 Å². The van der Waals surface area contributed by atoms with Crippen LogP contribution in [0.2, 0.25) is 0 Å². The molecule has 4 N–H and O–H groups in total. The van der Waals surface area contributed by atoms with Crippen molar-refractivity contribution in [3.8, 4) is 11.5 Å². The monoisotopic (exact) mass is 440 g/mol. The van der Waals surface area contributed by atoms with E-state index in [0.29, 0.717) is 0 Å². The molecule has 0 aromatic heterocycles. The zero-order valence-corrected chi connectivity index (χ0v) is 19.6. The second kappa shape index (κ2) is 10.3. The van der Waals surface area contributed by atoms with Crippen LogP contribution in [0.5, 0.6) is 11.5 Å². The smallest absolute Gasteiger partial charge is 0.547 e. The van der Waals surface area contributed by atoms with E-state index in [1.54, 1.807) is 24.3 Å². The third-order valence-electron chi connectivity index (χ3n) is 5.76. The molecule has 162 valence electrons. The van der Waals surface area contributed by atoms with Crippen LogP contribution in [0.15, 0.2) is 48.5 Å². The summed E-state index contributed by atoms with van der Waals surface area (Å²) in [6, 6.07) is 14.0. The Balaban J connectivity index is 0.00000341. The molecule has 3 rings (SSSR count). The molecule has 1 saturated heterocycles.